The van der Waals surface area contributed by atoms with Crippen LogP contribution in [0.2, 0.25) is 0 Å². The van der Waals surface area contributed by atoms with Crippen molar-refractivity contribution >= 4 is 17.5 Å². The van der Waals surface area contributed by atoms with Gasteiger partial charge in [-0.15, -0.1) is 0 Å². The number of hydrogen-bond acceptors (Lipinski definition) is 4. The lowest BCUT2D eigenvalue weighted by Gasteiger charge is -2.08. The summed E-state index contributed by atoms with van der Waals surface area (Å²) in [5.41, 5.74) is 1.78. The first-order chi connectivity index (χ1) is 12.2. The highest BCUT2D eigenvalue weighted by Gasteiger charge is 2.43. The summed E-state index contributed by atoms with van der Waals surface area (Å²) in [4.78, 5) is 24.2. The van der Waals surface area contributed by atoms with Crippen LogP contribution in [-0.4, -0.2) is 25.2 Å². The van der Waals surface area contributed by atoms with Crippen LogP contribution < -0.4 is 20.1 Å². The van der Waals surface area contributed by atoms with E-state index in [9.17, 15) is 9.59 Å². The molecule has 128 valence electrons. The fourth-order valence-electron chi connectivity index (χ4n) is 3.03. The maximum atomic E-state index is 12.2. The summed E-state index contributed by atoms with van der Waals surface area (Å²) in [5.74, 6) is 1.13. The highest BCUT2D eigenvalue weighted by molar-refractivity contribution is 5.95. The topological polar surface area (TPSA) is 76.7 Å². The zero-order valence-corrected chi connectivity index (χ0v) is 13.5. The third-order valence-electron chi connectivity index (χ3n) is 4.43. The molecule has 0 bridgehead atoms. The van der Waals surface area contributed by atoms with E-state index in [-0.39, 0.29) is 37.0 Å². The molecule has 0 aromatic heterocycles. The van der Waals surface area contributed by atoms with Crippen molar-refractivity contribution in [3.05, 3.63) is 54.1 Å². The average molecular weight is 338 g/mol. The molecule has 1 heterocycles. The molecule has 1 aliphatic carbocycles. The van der Waals surface area contributed by atoms with Gasteiger partial charge in [-0.3, -0.25) is 9.59 Å². The largest absolute Gasteiger partial charge is 0.454 e. The van der Waals surface area contributed by atoms with Crippen LogP contribution in [-0.2, 0) is 9.59 Å². The monoisotopic (exact) mass is 338 g/mol. The Kier molecular flexibility index (Phi) is 4.01. The molecule has 2 N–H and O–H groups in total. The van der Waals surface area contributed by atoms with Crippen LogP contribution >= 0.6 is 0 Å². The SMILES string of the molecule is O=C(CNC(=O)C1CC1c1ccccc1)Nc1ccc2c(c1)OCO2. The van der Waals surface area contributed by atoms with E-state index in [1.54, 1.807) is 18.2 Å². The third kappa shape index (κ3) is 3.42. The maximum Gasteiger partial charge on any atom is 0.243 e. The van der Waals surface area contributed by atoms with Gasteiger partial charge in [0.1, 0.15) is 0 Å². The molecule has 25 heavy (non-hydrogen) atoms. The Morgan fingerprint density at radius 1 is 1.04 bits per heavy atom. The Balaban J connectivity index is 1.26. The zero-order chi connectivity index (χ0) is 17.2. The minimum absolute atomic E-state index is 0.0410. The minimum atomic E-state index is -0.274. The lowest BCUT2D eigenvalue weighted by Crippen LogP contribution is -2.34. The molecule has 0 radical (unpaired) electrons. The summed E-state index contributed by atoms with van der Waals surface area (Å²) in [6.07, 6.45) is 0.833. The van der Waals surface area contributed by atoms with Crippen molar-refractivity contribution in [1.82, 2.24) is 5.32 Å². The summed E-state index contributed by atoms with van der Waals surface area (Å²) < 4.78 is 10.5. The van der Waals surface area contributed by atoms with Gasteiger partial charge in [-0.2, -0.15) is 0 Å². The van der Waals surface area contributed by atoms with E-state index >= 15 is 0 Å². The van der Waals surface area contributed by atoms with Crippen molar-refractivity contribution in [2.24, 2.45) is 5.92 Å². The quantitative estimate of drug-likeness (QED) is 0.877. The fourth-order valence-corrected chi connectivity index (χ4v) is 3.03. The summed E-state index contributed by atoms with van der Waals surface area (Å²) in [7, 11) is 0. The van der Waals surface area contributed by atoms with E-state index in [2.05, 4.69) is 10.6 Å². The molecule has 1 saturated carbocycles. The van der Waals surface area contributed by atoms with Gasteiger partial charge in [-0.05, 0) is 30.0 Å². The van der Waals surface area contributed by atoms with Crippen LogP contribution in [0.4, 0.5) is 5.69 Å². The molecule has 6 heteroatoms. The van der Waals surface area contributed by atoms with Crippen LogP contribution in [0, 0.1) is 5.92 Å². The van der Waals surface area contributed by atoms with Gasteiger partial charge in [-0.25, -0.2) is 0 Å². The molecule has 4 rings (SSSR count). The van der Waals surface area contributed by atoms with Gasteiger partial charge in [0.05, 0.1) is 6.54 Å². The lowest BCUT2D eigenvalue weighted by atomic mass is 10.1. The van der Waals surface area contributed by atoms with Crippen molar-refractivity contribution in [2.75, 3.05) is 18.7 Å². The molecule has 2 aromatic rings. The third-order valence-corrected chi connectivity index (χ3v) is 4.43. The summed E-state index contributed by atoms with van der Waals surface area (Å²) in [6, 6.07) is 15.2. The van der Waals surface area contributed by atoms with Gasteiger partial charge < -0.3 is 20.1 Å². The molecular weight excluding hydrogens is 320 g/mol. The van der Waals surface area contributed by atoms with Crippen LogP contribution in [0.5, 0.6) is 11.5 Å². The van der Waals surface area contributed by atoms with Crippen LogP contribution in [0.15, 0.2) is 48.5 Å². The molecule has 2 aromatic carbocycles. The van der Waals surface area contributed by atoms with Gasteiger partial charge in [-0.1, -0.05) is 30.3 Å². The summed E-state index contributed by atoms with van der Waals surface area (Å²) >= 11 is 0. The number of nitrogens with one attached hydrogen (secondary N) is 2. The van der Waals surface area contributed by atoms with Crippen molar-refractivity contribution in [2.45, 2.75) is 12.3 Å². The Morgan fingerprint density at radius 2 is 1.84 bits per heavy atom. The van der Waals surface area contributed by atoms with E-state index in [1.165, 1.54) is 5.56 Å². The highest BCUT2D eigenvalue weighted by Crippen LogP contribution is 2.47. The van der Waals surface area contributed by atoms with Gasteiger partial charge in [0.15, 0.2) is 11.5 Å². The van der Waals surface area contributed by atoms with E-state index in [4.69, 9.17) is 9.47 Å². The first-order valence-corrected chi connectivity index (χ1v) is 8.23. The molecular formula is C19H18N2O4. The second-order valence-corrected chi connectivity index (χ2v) is 6.19. The zero-order valence-electron chi connectivity index (χ0n) is 13.5. The van der Waals surface area contributed by atoms with Gasteiger partial charge >= 0.3 is 0 Å². The molecule has 1 aliphatic heterocycles. The first-order valence-electron chi connectivity index (χ1n) is 8.23. The molecule has 1 fully saturated rings. The van der Waals surface area contributed by atoms with Crippen LogP contribution in [0.1, 0.15) is 17.9 Å². The number of ether oxygens (including phenoxy) is 2. The molecule has 6 nitrogen and oxygen atoms in total. The standard InChI is InChI=1S/C19H18N2O4/c22-18(21-13-6-7-16-17(8-13)25-11-24-16)10-20-19(23)15-9-14(15)12-4-2-1-3-5-12/h1-8,14-15H,9-11H2,(H,20,23)(H,21,22). The normalized spacial score (nSPS) is 20.0. The Hall–Kier alpha value is -3.02. The molecule has 0 saturated heterocycles. The number of anilines is 1. The molecule has 2 atom stereocenters. The van der Waals surface area contributed by atoms with E-state index in [1.807, 2.05) is 30.3 Å². The Labute approximate surface area is 145 Å². The Bertz CT molecular complexity index is 806. The van der Waals surface area contributed by atoms with Gasteiger partial charge in [0.25, 0.3) is 0 Å². The van der Waals surface area contributed by atoms with E-state index < -0.39 is 0 Å². The van der Waals surface area contributed by atoms with E-state index in [0.717, 1.165) is 6.42 Å². The van der Waals surface area contributed by atoms with Crippen molar-refractivity contribution in [1.29, 1.82) is 0 Å². The van der Waals surface area contributed by atoms with Crippen LogP contribution in [0.25, 0.3) is 0 Å². The fraction of sp³-hybridized carbons (Fsp3) is 0.263. The number of carbonyl (C=O) groups is 2. The van der Waals surface area contributed by atoms with E-state index in [0.29, 0.717) is 17.2 Å². The predicted molar refractivity (Wildman–Crippen MR) is 91.5 cm³/mol. The average Bonchev–Trinajstić information content (AvgIpc) is 3.31. The van der Waals surface area contributed by atoms with Crippen molar-refractivity contribution < 1.29 is 19.1 Å². The first kappa shape index (κ1) is 15.5. The number of carbonyl (C=O) groups excluding carboxylic acids is 2. The number of rotatable bonds is 5. The number of hydrogen-bond donors (Lipinski definition) is 2. The molecule has 0 spiro atoms. The smallest absolute Gasteiger partial charge is 0.243 e. The predicted octanol–water partition coefficient (Wildman–Crippen LogP) is 2.27. The lowest BCUT2D eigenvalue weighted by molar-refractivity contribution is -0.125. The van der Waals surface area contributed by atoms with Gasteiger partial charge in [0, 0.05) is 17.7 Å². The molecule has 2 amide bonds. The maximum absolute atomic E-state index is 12.2. The van der Waals surface area contributed by atoms with Crippen molar-refractivity contribution in [3.8, 4) is 11.5 Å². The highest BCUT2D eigenvalue weighted by atomic mass is 16.7. The number of benzene rings is 2. The second-order valence-electron chi connectivity index (χ2n) is 6.19. The molecule has 2 unspecified atom stereocenters. The van der Waals surface area contributed by atoms with Crippen molar-refractivity contribution in [3.63, 3.8) is 0 Å². The Morgan fingerprint density at radius 3 is 2.68 bits per heavy atom. The second kappa shape index (κ2) is 6.47. The van der Waals surface area contributed by atoms with Gasteiger partial charge in [0.2, 0.25) is 18.6 Å². The minimum Gasteiger partial charge on any atom is -0.454 e. The number of fused-ring (bicyclic) bond motifs is 1. The molecule has 2 aliphatic rings. The summed E-state index contributed by atoms with van der Waals surface area (Å²) in [6.45, 7) is 0.137. The van der Waals surface area contributed by atoms with Crippen LogP contribution in [0.3, 0.4) is 0 Å². The number of amides is 2. The summed E-state index contributed by atoms with van der Waals surface area (Å²) in [5, 5.41) is 5.45.